The van der Waals surface area contributed by atoms with Crippen LogP contribution < -0.4 is 10.0 Å². The van der Waals surface area contributed by atoms with Crippen molar-refractivity contribution in [3.8, 4) is 11.3 Å². The molecule has 1 amide bonds. The summed E-state index contributed by atoms with van der Waals surface area (Å²) in [7, 11) is -4.42. The van der Waals surface area contributed by atoms with Crippen molar-refractivity contribution < 1.29 is 26.4 Å². The van der Waals surface area contributed by atoms with Gasteiger partial charge >= 0.3 is 6.18 Å². The van der Waals surface area contributed by atoms with Crippen LogP contribution in [0.25, 0.3) is 22.0 Å². The summed E-state index contributed by atoms with van der Waals surface area (Å²) in [5.74, 6) is 0.365. The zero-order valence-corrected chi connectivity index (χ0v) is 22.8. The van der Waals surface area contributed by atoms with Gasteiger partial charge in [-0.3, -0.25) is 4.79 Å². The Morgan fingerprint density at radius 2 is 1.67 bits per heavy atom. The molecular weight excluding hydrogens is 527 g/mol. The standard InChI is InChI=1S/C29H34F3N3O3S/c1-19-25(28(36)34-21-10-7-11-21)16-26(35(19)17-20-8-3-2-4-9-20)23-14-15-27(24-13-6-5-12-22(23)24)39(37,38)33-18-29(30,31)32/h5-6,12-16,20-21,33H,2-4,7-11,17-18H2,1H3,(H,34,36). The van der Waals surface area contributed by atoms with E-state index in [9.17, 15) is 26.4 Å². The predicted molar refractivity (Wildman–Crippen MR) is 145 cm³/mol. The van der Waals surface area contributed by atoms with Gasteiger partial charge in [0.05, 0.1) is 10.5 Å². The molecule has 5 rings (SSSR count). The predicted octanol–water partition coefficient (Wildman–Crippen LogP) is 6.32. The number of alkyl halides is 3. The lowest BCUT2D eigenvalue weighted by Gasteiger charge is -2.26. The minimum atomic E-state index is -4.67. The molecule has 2 aromatic carbocycles. The van der Waals surface area contributed by atoms with Crippen LogP contribution in [0.3, 0.4) is 0 Å². The van der Waals surface area contributed by atoms with Crippen LogP contribution in [-0.2, 0) is 16.6 Å². The monoisotopic (exact) mass is 561 g/mol. The van der Waals surface area contributed by atoms with Gasteiger partial charge in [0, 0.05) is 34.9 Å². The van der Waals surface area contributed by atoms with Crippen LogP contribution in [-0.4, -0.2) is 37.7 Å². The molecular formula is C29H34F3N3O3S. The average molecular weight is 562 g/mol. The van der Waals surface area contributed by atoms with Crippen LogP contribution in [0.15, 0.2) is 47.4 Å². The molecule has 10 heteroatoms. The molecule has 2 saturated carbocycles. The lowest BCUT2D eigenvalue weighted by atomic mass is 9.89. The number of fused-ring (bicyclic) bond motifs is 1. The number of nitrogens with one attached hydrogen (secondary N) is 2. The summed E-state index contributed by atoms with van der Waals surface area (Å²) in [6, 6.07) is 11.9. The first-order chi connectivity index (χ1) is 18.5. The fourth-order valence-corrected chi connectivity index (χ4v) is 6.98. The van der Waals surface area contributed by atoms with Gasteiger partial charge in [-0.15, -0.1) is 0 Å². The lowest BCUT2D eigenvalue weighted by molar-refractivity contribution is -0.121. The lowest BCUT2D eigenvalue weighted by Crippen LogP contribution is -2.39. The molecule has 0 bridgehead atoms. The fraction of sp³-hybridized carbons (Fsp3) is 0.483. The maximum atomic E-state index is 13.3. The van der Waals surface area contributed by atoms with E-state index >= 15 is 0 Å². The molecule has 1 aromatic heterocycles. The van der Waals surface area contributed by atoms with E-state index < -0.39 is 22.7 Å². The Kier molecular flexibility index (Phi) is 7.79. The zero-order valence-electron chi connectivity index (χ0n) is 22.0. The Balaban J connectivity index is 1.60. The van der Waals surface area contributed by atoms with Crippen molar-refractivity contribution in [3.63, 3.8) is 0 Å². The topological polar surface area (TPSA) is 80.2 Å². The van der Waals surface area contributed by atoms with E-state index in [1.165, 1.54) is 25.3 Å². The second kappa shape index (κ2) is 11.0. The summed E-state index contributed by atoms with van der Waals surface area (Å²) in [5.41, 5.74) is 3.00. The highest BCUT2D eigenvalue weighted by atomic mass is 32.2. The number of aromatic nitrogens is 1. The van der Waals surface area contributed by atoms with E-state index in [4.69, 9.17) is 0 Å². The minimum Gasteiger partial charge on any atom is -0.349 e. The molecule has 1 heterocycles. The summed E-state index contributed by atoms with van der Waals surface area (Å²) in [4.78, 5) is 13.0. The van der Waals surface area contributed by atoms with Crippen LogP contribution >= 0.6 is 0 Å². The molecule has 0 atom stereocenters. The summed E-state index contributed by atoms with van der Waals surface area (Å²) < 4.78 is 68.0. The fourth-order valence-electron chi connectivity index (χ4n) is 5.76. The second-order valence-corrected chi connectivity index (χ2v) is 12.6. The van der Waals surface area contributed by atoms with Crippen molar-refractivity contribution >= 4 is 26.7 Å². The Bertz CT molecular complexity index is 1470. The largest absolute Gasteiger partial charge is 0.402 e. The number of hydrogen-bond acceptors (Lipinski definition) is 3. The first-order valence-electron chi connectivity index (χ1n) is 13.6. The second-order valence-electron chi connectivity index (χ2n) is 10.8. The molecule has 2 N–H and O–H groups in total. The summed E-state index contributed by atoms with van der Waals surface area (Å²) in [6.45, 7) is 1.05. The SMILES string of the molecule is Cc1c(C(=O)NC2CCC2)cc(-c2ccc(S(=O)(=O)NCC(F)(F)F)c3ccccc23)n1CC1CCCCC1. The number of rotatable bonds is 8. The molecule has 2 aliphatic rings. The Morgan fingerprint density at radius 1 is 0.974 bits per heavy atom. The van der Waals surface area contributed by atoms with Crippen LogP contribution in [0.1, 0.15) is 67.4 Å². The molecule has 0 saturated heterocycles. The number of hydrogen-bond donors (Lipinski definition) is 2. The van der Waals surface area contributed by atoms with E-state index in [0.717, 1.165) is 55.6 Å². The van der Waals surface area contributed by atoms with E-state index in [1.807, 2.05) is 13.0 Å². The van der Waals surface area contributed by atoms with Gasteiger partial charge in [0.25, 0.3) is 5.91 Å². The van der Waals surface area contributed by atoms with Gasteiger partial charge in [0.2, 0.25) is 10.0 Å². The van der Waals surface area contributed by atoms with Gasteiger partial charge in [-0.2, -0.15) is 13.2 Å². The normalized spacial score (nSPS) is 17.3. The van der Waals surface area contributed by atoms with Crippen molar-refractivity contribution in [1.29, 1.82) is 0 Å². The highest BCUT2D eigenvalue weighted by Gasteiger charge is 2.31. The van der Waals surface area contributed by atoms with E-state index in [-0.39, 0.29) is 16.8 Å². The number of halogens is 3. The summed E-state index contributed by atoms with van der Waals surface area (Å²) in [6.07, 6.45) is 4.20. The number of carbonyl (C=O) groups excluding carboxylic acids is 1. The summed E-state index contributed by atoms with van der Waals surface area (Å²) >= 11 is 0. The minimum absolute atomic E-state index is 0.110. The number of sulfonamides is 1. The number of amides is 1. The van der Waals surface area contributed by atoms with Crippen LogP contribution in [0.5, 0.6) is 0 Å². The Hall–Kier alpha value is -2.85. The van der Waals surface area contributed by atoms with E-state index in [2.05, 4.69) is 9.88 Å². The third-order valence-electron chi connectivity index (χ3n) is 8.13. The molecule has 39 heavy (non-hydrogen) atoms. The third kappa shape index (κ3) is 6.01. The molecule has 2 aliphatic carbocycles. The van der Waals surface area contributed by atoms with Gasteiger partial charge in [0.15, 0.2) is 0 Å². The molecule has 0 unspecified atom stereocenters. The molecule has 0 spiro atoms. The number of nitrogens with zero attached hydrogens (tertiary/aromatic N) is 1. The van der Waals surface area contributed by atoms with Gasteiger partial charge in [-0.1, -0.05) is 49.6 Å². The first-order valence-corrected chi connectivity index (χ1v) is 15.1. The maximum Gasteiger partial charge on any atom is 0.402 e. The number of carbonyl (C=O) groups is 1. The molecule has 210 valence electrons. The first kappa shape index (κ1) is 27.7. The van der Waals surface area contributed by atoms with Gasteiger partial charge in [0.1, 0.15) is 6.54 Å². The quantitative estimate of drug-likeness (QED) is 0.338. The molecule has 0 radical (unpaired) electrons. The maximum absolute atomic E-state index is 13.3. The van der Waals surface area contributed by atoms with Crippen molar-refractivity contribution in [1.82, 2.24) is 14.6 Å². The van der Waals surface area contributed by atoms with Crippen LogP contribution in [0.2, 0.25) is 0 Å². The summed E-state index contributed by atoms with van der Waals surface area (Å²) in [5, 5.41) is 4.05. The van der Waals surface area contributed by atoms with Gasteiger partial charge < -0.3 is 9.88 Å². The zero-order chi connectivity index (χ0) is 27.8. The Labute approximate surface area is 227 Å². The average Bonchev–Trinajstić information content (AvgIpc) is 3.20. The van der Waals surface area contributed by atoms with Crippen molar-refractivity contribution in [2.24, 2.45) is 5.92 Å². The molecule has 6 nitrogen and oxygen atoms in total. The van der Waals surface area contributed by atoms with Crippen molar-refractivity contribution in [2.45, 2.75) is 81.9 Å². The number of benzene rings is 2. The van der Waals surface area contributed by atoms with E-state index in [0.29, 0.717) is 22.3 Å². The van der Waals surface area contributed by atoms with Gasteiger partial charge in [-0.25, -0.2) is 13.1 Å². The van der Waals surface area contributed by atoms with Crippen molar-refractivity contribution in [2.75, 3.05) is 6.54 Å². The van der Waals surface area contributed by atoms with Crippen LogP contribution in [0.4, 0.5) is 13.2 Å². The van der Waals surface area contributed by atoms with E-state index in [1.54, 1.807) is 35.1 Å². The Morgan fingerprint density at radius 3 is 2.31 bits per heavy atom. The van der Waals surface area contributed by atoms with Crippen molar-refractivity contribution in [3.05, 3.63) is 53.7 Å². The molecule has 2 fully saturated rings. The van der Waals surface area contributed by atoms with Gasteiger partial charge in [-0.05, 0) is 62.5 Å². The van der Waals surface area contributed by atoms with Crippen LogP contribution in [0, 0.1) is 12.8 Å². The highest BCUT2D eigenvalue weighted by molar-refractivity contribution is 7.89. The third-order valence-corrected chi connectivity index (χ3v) is 9.59. The molecule has 0 aliphatic heterocycles. The smallest absolute Gasteiger partial charge is 0.349 e. The highest BCUT2D eigenvalue weighted by Crippen LogP contribution is 2.37. The molecule has 3 aromatic rings.